The van der Waals surface area contributed by atoms with Crippen LogP contribution in [-0.2, 0) is 6.54 Å². The number of hydrogen-bond donors (Lipinski definition) is 2. The van der Waals surface area contributed by atoms with E-state index in [4.69, 9.17) is 0 Å². The van der Waals surface area contributed by atoms with Gasteiger partial charge in [-0.15, -0.1) is 0 Å². The molecule has 1 aromatic carbocycles. The molecule has 0 aliphatic carbocycles. The maximum Gasteiger partial charge on any atom is 0.336 e. The number of carbonyl (C=O) groups excluding carboxylic acids is 2. The van der Waals surface area contributed by atoms with Crippen LogP contribution in [0.4, 0.5) is 4.79 Å². The lowest BCUT2D eigenvalue weighted by Crippen LogP contribution is -2.47. The number of urea groups is 1. The van der Waals surface area contributed by atoms with E-state index in [0.29, 0.717) is 6.54 Å². The zero-order chi connectivity index (χ0) is 15.9. The quantitative estimate of drug-likeness (QED) is 0.836. The van der Waals surface area contributed by atoms with E-state index in [0.717, 1.165) is 11.1 Å². The van der Waals surface area contributed by atoms with Crippen LogP contribution in [0.25, 0.3) is 0 Å². The van der Waals surface area contributed by atoms with Crippen LogP contribution in [0.5, 0.6) is 0 Å². The fourth-order valence-electron chi connectivity index (χ4n) is 1.73. The number of aromatic nitrogens is 2. The molecule has 0 aliphatic heterocycles. The largest absolute Gasteiger partial charge is 0.336 e. The summed E-state index contributed by atoms with van der Waals surface area (Å²) in [6, 6.07) is 7.46. The summed E-state index contributed by atoms with van der Waals surface area (Å²) >= 11 is 0. The minimum Gasteiger partial charge on any atom is -0.322 e. The first-order chi connectivity index (χ1) is 10.6. The Bertz CT molecular complexity index is 643. The van der Waals surface area contributed by atoms with E-state index < -0.39 is 11.9 Å². The van der Waals surface area contributed by atoms with Gasteiger partial charge in [0, 0.05) is 26.0 Å². The van der Waals surface area contributed by atoms with Crippen molar-refractivity contribution in [2.75, 3.05) is 7.05 Å². The highest BCUT2D eigenvalue weighted by Crippen LogP contribution is 2.05. The third-order valence-electron chi connectivity index (χ3n) is 2.97. The molecule has 0 saturated heterocycles. The summed E-state index contributed by atoms with van der Waals surface area (Å²) in [6.45, 7) is 2.44. The second kappa shape index (κ2) is 7.16. The molecule has 1 heterocycles. The van der Waals surface area contributed by atoms with Gasteiger partial charge in [-0.2, -0.15) is 0 Å². The predicted octanol–water partition coefficient (Wildman–Crippen LogP) is 1.27. The van der Waals surface area contributed by atoms with Crippen molar-refractivity contribution in [1.29, 1.82) is 0 Å². The number of benzene rings is 1. The van der Waals surface area contributed by atoms with Crippen LogP contribution >= 0.6 is 0 Å². The number of hydrogen-bond acceptors (Lipinski definition) is 4. The Morgan fingerprint density at radius 1 is 1.14 bits per heavy atom. The van der Waals surface area contributed by atoms with Gasteiger partial charge in [-0.05, 0) is 12.5 Å². The van der Waals surface area contributed by atoms with Gasteiger partial charge in [-0.25, -0.2) is 15.2 Å². The monoisotopic (exact) mass is 299 g/mol. The lowest BCUT2D eigenvalue weighted by Gasteiger charge is -2.18. The number of nitrogens with one attached hydrogen (secondary N) is 2. The van der Waals surface area contributed by atoms with Crippen molar-refractivity contribution < 1.29 is 9.59 Å². The molecule has 2 N–H and O–H groups in total. The summed E-state index contributed by atoms with van der Waals surface area (Å²) in [5.74, 6) is -0.523. The summed E-state index contributed by atoms with van der Waals surface area (Å²) in [5, 5.41) is 0. The standard InChI is InChI=1S/C15H17N5O2/c1-11-3-5-12(6-4-11)10-20(2)15(22)19-18-14(21)13-9-16-7-8-17-13/h3-9H,10H2,1-2H3,(H,18,21)(H,19,22). The van der Waals surface area contributed by atoms with Gasteiger partial charge in [0.1, 0.15) is 5.69 Å². The summed E-state index contributed by atoms with van der Waals surface area (Å²) < 4.78 is 0. The van der Waals surface area contributed by atoms with Crippen molar-refractivity contribution in [3.05, 3.63) is 59.7 Å². The van der Waals surface area contributed by atoms with Crippen LogP contribution < -0.4 is 10.9 Å². The average molecular weight is 299 g/mol. The molecule has 2 rings (SSSR count). The Morgan fingerprint density at radius 2 is 1.86 bits per heavy atom. The summed E-state index contributed by atoms with van der Waals surface area (Å²) in [4.78, 5) is 32.7. The van der Waals surface area contributed by atoms with Gasteiger partial charge in [-0.3, -0.25) is 15.2 Å². The number of carbonyl (C=O) groups is 2. The highest BCUT2D eigenvalue weighted by Gasteiger charge is 2.12. The molecule has 7 heteroatoms. The fourth-order valence-corrected chi connectivity index (χ4v) is 1.73. The van der Waals surface area contributed by atoms with Crippen LogP contribution in [0, 0.1) is 6.92 Å². The van der Waals surface area contributed by atoms with Crippen molar-refractivity contribution in [3.8, 4) is 0 Å². The van der Waals surface area contributed by atoms with Gasteiger partial charge in [-0.1, -0.05) is 29.8 Å². The normalized spacial score (nSPS) is 9.91. The average Bonchev–Trinajstić information content (AvgIpc) is 2.55. The van der Waals surface area contributed by atoms with Crippen molar-refractivity contribution in [3.63, 3.8) is 0 Å². The SMILES string of the molecule is Cc1ccc(CN(C)C(=O)NNC(=O)c2cnccn2)cc1. The topological polar surface area (TPSA) is 87.2 Å². The lowest BCUT2D eigenvalue weighted by molar-refractivity contribution is 0.0925. The van der Waals surface area contributed by atoms with Gasteiger partial charge in [0.15, 0.2) is 0 Å². The third-order valence-corrected chi connectivity index (χ3v) is 2.97. The minimum absolute atomic E-state index is 0.129. The Morgan fingerprint density at radius 3 is 2.50 bits per heavy atom. The summed E-state index contributed by atoms with van der Waals surface area (Å²) in [6.07, 6.45) is 4.18. The number of amides is 3. The Kier molecular flexibility index (Phi) is 5.02. The maximum atomic E-state index is 11.9. The molecule has 0 atom stereocenters. The van der Waals surface area contributed by atoms with E-state index in [2.05, 4.69) is 20.8 Å². The molecule has 0 saturated carbocycles. The van der Waals surface area contributed by atoms with Crippen LogP contribution in [0.1, 0.15) is 21.6 Å². The molecule has 0 radical (unpaired) electrons. The second-order valence-electron chi connectivity index (χ2n) is 4.82. The van der Waals surface area contributed by atoms with E-state index in [1.807, 2.05) is 31.2 Å². The molecular weight excluding hydrogens is 282 g/mol. The molecular formula is C15H17N5O2. The zero-order valence-corrected chi connectivity index (χ0v) is 12.4. The van der Waals surface area contributed by atoms with Crippen LogP contribution in [-0.4, -0.2) is 33.9 Å². The highest BCUT2D eigenvalue weighted by molar-refractivity contribution is 5.93. The fraction of sp³-hybridized carbons (Fsp3) is 0.200. The lowest BCUT2D eigenvalue weighted by atomic mass is 10.1. The molecule has 22 heavy (non-hydrogen) atoms. The Hall–Kier alpha value is -2.96. The van der Waals surface area contributed by atoms with Gasteiger partial charge in [0.2, 0.25) is 0 Å². The van der Waals surface area contributed by atoms with E-state index in [1.165, 1.54) is 23.5 Å². The maximum absolute atomic E-state index is 11.9. The molecule has 0 aliphatic rings. The van der Waals surface area contributed by atoms with Crippen molar-refractivity contribution in [2.24, 2.45) is 0 Å². The van der Waals surface area contributed by atoms with Crippen LogP contribution in [0.2, 0.25) is 0 Å². The molecule has 3 amide bonds. The van der Waals surface area contributed by atoms with Crippen LogP contribution in [0.15, 0.2) is 42.9 Å². The van der Waals surface area contributed by atoms with Crippen molar-refractivity contribution in [1.82, 2.24) is 25.7 Å². The Labute approximate surface area is 128 Å². The molecule has 2 aromatic rings. The number of rotatable bonds is 3. The summed E-state index contributed by atoms with van der Waals surface area (Å²) in [7, 11) is 1.64. The smallest absolute Gasteiger partial charge is 0.322 e. The van der Waals surface area contributed by atoms with Gasteiger partial charge >= 0.3 is 6.03 Å². The van der Waals surface area contributed by atoms with E-state index in [-0.39, 0.29) is 5.69 Å². The zero-order valence-electron chi connectivity index (χ0n) is 12.4. The highest BCUT2D eigenvalue weighted by atomic mass is 16.2. The molecule has 1 aromatic heterocycles. The van der Waals surface area contributed by atoms with E-state index in [9.17, 15) is 9.59 Å². The van der Waals surface area contributed by atoms with Gasteiger partial charge in [0.25, 0.3) is 5.91 Å². The number of aryl methyl sites for hydroxylation is 1. The molecule has 0 fully saturated rings. The molecule has 0 bridgehead atoms. The first kappa shape index (κ1) is 15.4. The third kappa shape index (κ3) is 4.27. The number of hydrazine groups is 1. The first-order valence-electron chi connectivity index (χ1n) is 6.69. The molecule has 114 valence electrons. The van der Waals surface area contributed by atoms with Gasteiger partial charge < -0.3 is 4.90 Å². The van der Waals surface area contributed by atoms with Crippen molar-refractivity contribution >= 4 is 11.9 Å². The molecule has 0 unspecified atom stereocenters. The van der Waals surface area contributed by atoms with E-state index in [1.54, 1.807) is 7.05 Å². The van der Waals surface area contributed by atoms with Gasteiger partial charge in [0.05, 0.1) is 6.20 Å². The number of nitrogens with zero attached hydrogens (tertiary/aromatic N) is 3. The summed E-state index contributed by atoms with van der Waals surface area (Å²) in [5.41, 5.74) is 6.92. The van der Waals surface area contributed by atoms with E-state index >= 15 is 0 Å². The molecule has 7 nitrogen and oxygen atoms in total. The van der Waals surface area contributed by atoms with Crippen LogP contribution in [0.3, 0.4) is 0 Å². The minimum atomic E-state index is -0.523. The van der Waals surface area contributed by atoms with Crippen molar-refractivity contribution in [2.45, 2.75) is 13.5 Å². The predicted molar refractivity (Wildman–Crippen MR) is 80.7 cm³/mol. The molecule has 0 spiro atoms. The first-order valence-corrected chi connectivity index (χ1v) is 6.69. The second-order valence-corrected chi connectivity index (χ2v) is 4.82. The Balaban J connectivity index is 1.84.